The molecule has 0 aliphatic carbocycles. The molecular weight excluding hydrogens is 298 g/mol. The first-order valence-electron chi connectivity index (χ1n) is 7.00. The summed E-state index contributed by atoms with van der Waals surface area (Å²) in [6.07, 6.45) is -0.826. The molecule has 2 aromatic carbocycles. The zero-order valence-corrected chi connectivity index (χ0v) is 12.5. The zero-order valence-electron chi connectivity index (χ0n) is 12.5. The fourth-order valence-corrected chi connectivity index (χ4v) is 2.01. The summed E-state index contributed by atoms with van der Waals surface area (Å²) >= 11 is 0. The van der Waals surface area contributed by atoms with Gasteiger partial charge in [-0.05, 0) is 18.1 Å². The highest BCUT2D eigenvalue weighted by atomic mass is 16.6. The van der Waals surface area contributed by atoms with Gasteiger partial charge in [-0.3, -0.25) is 10.1 Å². The fourth-order valence-electron chi connectivity index (χ4n) is 2.01. The van der Waals surface area contributed by atoms with Crippen molar-refractivity contribution in [3.05, 3.63) is 69.8 Å². The Morgan fingerprint density at radius 3 is 2.61 bits per heavy atom. The molecule has 1 unspecified atom stereocenters. The van der Waals surface area contributed by atoms with Crippen LogP contribution < -0.4 is 10.6 Å². The van der Waals surface area contributed by atoms with Gasteiger partial charge in [0.25, 0.3) is 5.69 Å². The van der Waals surface area contributed by atoms with Gasteiger partial charge in [-0.25, -0.2) is 4.79 Å². The van der Waals surface area contributed by atoms with Crippen LogP contribution in [0.15, 0.2) is 48.5 Å². The van der Waals surface area contributed by atoms with E-state index >= 15 is 0 Å². The molecule has 0 saturated carbocycles. The number of carbonyl (C=O) groups excluding carboxylic acids is 1. The molecule has 2 amide bonds. The standard InChI is InChI=1S/C16H17N3O4/c1-11-7-8-13(19(22)23)9-14(11)18-16(21)17-10-15(20)12-5-3-2-4-6-12/h2-9,15,20H,10H2,1H3,(H2,17,18,21). The van der Waals surface area contributed by atoms with Crippen LogP contribution in [0.4, 0.5) is 16.2 Å². The maximum absolute atomic E-state index is 11.9. The van der Waals surface area contributed by atoms with Gasteiger partial charge in [0.15, 0.2) is 0 Å². The van der Waals surface area contributed by atoms with E-state index in [9.17, 15) is 20.0 Å². The van der Waals surface area contributed by atoms with E-state index in [1.807, 2.05) is 6.07 Å². The van der Waals surface area contributed by atoms with E-state index in [1.165, 1.54) is 12.1 Å². The number of aryl methyl sites for hydroxylation is 1. The molecule has 120 valence electrons. The van der Waals surface area contributed by atoms with E-state index in [-0.39, 0.29) is 12.2 Å². The van der Waals surface area contributed by atoms with Crippen molar-refractivity contribution in [2.24, 2.45) is 0 Å². The first kappa shape index (κ1) is 16.4. The number of nitrogens with zero attached hydrogens (tertiary/aromatic N) is 1. The van der Waals surface area contributed by atoms with Gasteiger partial charge in [0, 0.05) is 18.7 Å². The molecule has 7 nitrogen and oxygen atoms in total. The lowest BCUT2D eigenvalue weighted by atomic mass is 10.1. The highest BCUT2D eigenvalue weighted by molar-refractivity contribution is 5.90. The molecular formula is C16H17N3O4. The molecule has 1 atom stereocenters. The molecule has 0 aromatic heterocycles. The van der Waals surface area contributed by atoms with Gasteiger partial charge in [-0.15, -0.1) is 0 Å². The Morgan fingerprint density at radius 1 is 1.26 bits per heavy atom. The summed E-state index contributed by atoms with van der Waals surface area (Å²) in [5, 5.41) is 25.8. The number of nitro groups is 1. The van der Waals surface area contributed by atoms with Crippen molar-refractivity contribution in [1.29, 1.82) is 0 Å². The molecule has 0 bridgehead atoms. The van der Waals surface area contributed by atoms with Crippen LogP contribution in [-0.4, -0.2) is 22.6 Å². The van der Waals surface area contributed by atoms with Crippen LogP contribution in [-0.2, 0) is 0 Å². The van der Waals surface area contributed by atoms with Crippen LogP contribution in [0.5, 0.6) is 0 Å². The summed E-state index contributed by atoms with van der Waals surface area (Å²) in [6.45, 7) is 1.77. The minimum atomic E-state index is -0.826. The van der Waals surface area contributed by atoms with Crippen molar-refractivity contribution in [3.8, 4) is 0 Å². The van der Waals surface area contributed by atoms with Crippen molar-refractivity contribution < 1.29 is 14.8 Å². The molecule has 0 saturated heterocycles. The molecule has 2 aromatic rings. The maximum atomic E-state index is 11.9. The second-order valence-corrected chi connectivity index (χ2v) is 5.02. The number of rotatable bonds is 5. The molecule has 7 heteroatoms. The van der Waals surface area contributed by atoms with Gasteiger partial charge in [0.05, 0.1) is 16.7 Å². The first-order valence-corrected chi connectivity index (χ1v) is 7.00. The number of nitro benzene ring substituents is 1. The van der Waals surface area contributed by atoms with Crippen molar-refractivity contribution in [3.63, 3.8) is 0 Å². The second-order valence-electron chi connectivity index (χ2n) is 5.02. The molecule has 0 spiro atoms. The van der Waals surface area contributed by atoms with E-state index in [4.69, 9.17) is 0 Å². The second kappa shape index (κ2) is 7.37. The topological polar surface area (TPSA) is 105 Å². The van der Waals surface area contributed by atoms with Gasteiger partial charge < -0.3 is 15.7 Å². The largest absolute Gasteiger partial charge is 0.387 e. The summed E-state index contributed by atoms with van der Waals surface area (Å²) in [5.74, 6) is 0. The Hall–Kier alpha value is -2.93. The average Bonchev–Trinajstić information content (AvgIpc) is 2.55. The summed E-state index contributed by atoms with van der Waals surface area (Å²) in [4.78, 5) is 22.1. The third kappa shape index (κ3) is 4.52. The van der Waals surface area contributed by atoms with Crippen LogP contribution in [0.1, 0.15) is 17.2 Å². The quantitative estimate of drug-likeness (QED) is 0.583. The van der Waals surface area contributed by atoms with Gasteiger partial charge in [-0.1, -0.05) is 36.4 Å². The van der Waals surface area contributed by atoms with Crippen LogP contribution in [0.2, 0.25) is 0 Å². The number of hydrogen-bond donors (Lipinski definition) is 3. The summed E-state index contributed by atoms with van der Waals surface area (Å²) in [7, 11) is 0. The normalized spacial score (nSPS) is 11.6. The van der Waals surface area contributed by atoms with Crippen molar-refractivity contribution in [2.75, 3.05) is 11.9 Å². The minimum Gasteiger partial charge on any atom is -0.387 e. The third-order valence-corrected chi connectivity index (χ3v) is 3.32. The highest BCUT2D eigenvalue weighted by Crippen LogP contribution is 2.21. The summed E-state index contributed by atoms with van der Waals surface area (Å²) < 4.78 is 0. The van der Waals surface area contributed by atoms with E-state index in [1.54, 1.807) is 37.3 Å². The molecule has 0 heterocycles. The van der Waals surface area contributed by atoms with Crippen molar-refractivity contribution in [1.82, 2.24) is 5.32 Å². The first-order chi connectivity index (χ1) is 11.0. The van der Waals surface area contributed by atoms with E-state index in [2.05, 4.69) is 10.6 Å². The number of aliphatic hydroxyl groups is 1. The van der Waals surface area contributed by atoms with Gasteiger partial charge in [0.1, 0.15) is 0 Å². The molecule has 0 aliphatic heterocycles. The Kier molecular flexibility index (Phi) is 5.27. The van der Waals surface area contributed by atoms with E-state index < -0.39 is 17.1 Å². The fraction of sp³-hybridized carbons (Fsp3) is 0.188. The molecule has 0 fully saturated rings. The van der Waals surface area contributed by atoms with Gasteiger partial charge in [-0.2, -0.15) is 0 Å². The molecule has 3 N–H and O–H groups in total. The maximum Gasteiger partial charge on any atom is 0.319 e. The summed E-state index contributed by atoms with van der Waals surface area (Å²) in [5.41, 5.74) is 1.65. The summed E-state index contributed by atoms with van der Waals surface area (Å²) in [6, 6.07) is 12.6. The Labute approximate surface area is 133 Å². The SMILES string of the molecule is Cc1ccc([N+](=O)[O-])cc1NC(=O)NCC(O)c1ccccc1. The van der Waals surface area contributed by atoms with Gasteiger partial charge in [0.2, 0.25) is 0 Å². The predicted molar refractivity (Wildman–Crippen MR) is 86.3 cm³/mol. The number of hydrogen-bond acceptors (Lipinski definition) is 4. The lowest BCUT2D eigenvalue weighted by Gasteiger charge is -2.13. The molecule has 0 aliphatic rings. The third-order valence-electron chi connectivity index (χ3n) is 3.32. The highest BCUT2D eigenvalue weighted by Gasteiger charge is 2.12. The Balaban J connectivity index is 1.95. The number of aliphatic hydroxyl groups excluding tert-OH is 1. The molecule has 0 radical (unpaired) electrons. The smallest absolute Gasteiger partial charge is 0.319 e. The number of urea groups is 1. The average molecular weight is 315 g/mol. The number of amides is 2. The number of carbonyl (C=O) groups is 1. The lowest BCUT2D eigenvalue weighted by molar-refractivity contribution is -0.384. The number of anilines is 1. The molecule has 2 rings (SSSR count). The van der Waals surface area contributed by atoms with Crippen LogP contribution in [0.25, 0.3) is 0 Å². The van der Waals surface area contributed by atoms with E-state index in [0.717, 1.165) is 0 Å². The van der Waals surface area contributed by atoms with Crippen LogP contribution in [0, 0.1) is 17.0 Å². The number of benzene rings is 2. The predicted octanol–water partition coefficient (Wildman–Crippen LogP) is 2.76. The van der Waals surface area contributed by atoms with Crippen molar-refractivity contribution >= 4 is 17.4 Å². The lowest BCUT2D eigenvalue weighted by Crippen LogP contribution is -2.32. The number of nitrogens with one attached hydrogen (secondary N) is 2. The van der Waals surface area contributed by atoms with Crippen LogP contribution in [0.3, 0.4) is 0 Å². The molecule has 23 heavy (non-hydrogen) atoms. The Morgan fingerprint density at radius 2 is 1.96 bits per heavy atom. The monoisotopic (exact) mass is 315 g/mol. The van der Waals surface area contributed by atoms with E-state index in [0.29, 0.717) is 16.8 Å². The Bertz CT molecular complexity index is 704. The van der Waals surface area contributed by atoms with Crippen LogP contribution >= 0.6 is 0 Å². The minimum absolute atomic E-state index is 0.0316. The van der Waals surface area contributed by atoms with Gasteiger partial charge >= 0.3 is 6.03 Å². The van der Waals surface area contributed by atoms with Crippen molar-refractivity contribution in [2.45, 2.75) is 13.0 Å². The zero-order chi connectivity index (χ0) is 16.8. The number of non-ortho nitro benzene ring substituents is 1.